The van der Waals surface area contributed by atoms with Crippen molar-refractivity contribution in [1.29, 1.82) is 0 Å². The molecule has 5 rings (SSSR count). The van der Waals surface area contributed by atoms with Crippen LogP contribution in [0.2, 0.25) is 0 Å². The highest BCUT2D eigenvalue weighted by molar-refractivity contribution is 7.85. The Morgan fingerprint density at radius 2 is 2.06 bits per heavy atom. The maximum atomic E-state index is 12.6. The van der Waals surface area contributed by atoms with E-state index in [0.717, 1.165) is 48.6 Å². The summed E-state index contributed by atoms with van der Waals surface area (Å²) >= 11 is 0. The Kier molecular flexibility index (Phi) is 5.51. The first-order valence-electron chi connectivity index (χ1n) is 11.1. The maximum absolute atomic E-state index is 12.6. The molecule has 0 saturated heterocycles. The Bertz CT molecular complexity index is 1180. The zero-order valence-corrected chi connectivity index (χ0v) is 19.6. The van der Waals surface area contributed by atoms with Crippen molar-refractivity contribution in [3.63, 3.8) is 0 Å². The number of carbonyl (C=O) groups is 1. The van der Waals surface area contributed by atoms with Gasteiger partial charge in [-0.3, -0.25) is 4.21 Å². The number of primary amides is 1. The van der Waals surface area contributed by atoms with Gasteiger partial charge in [0.2, 0.25) is 5.95 Å². The maximum Gasteiger partial charge on any atom is 0.404 e. The van der Waals surface area contributed by atoms with Crippen LogP contribution in [0.5, 0.6) is 0 Å². The van der Waals surface area contributed by atoms with Crippen LogP contribution in [0, 0.1) is 0 Å². The van der Waals surface area contributed by atoms with E-state index in [4.69, 9.17) is 25.4 Å². The van der Waals surface area contributed by atoms with Crippen LogP contribution in [0.4, 0.5) is 16.6 Å². The molecule has 3 aliphatic rings. The zero-order valence-electron chi connectivity index (χ0n) is 18.8. The largest absolute Gasteiger partial charge is 0.447 e. The Morgan fingerprint density at radius 3 is 2.73 bits per heavy atom. The van der Waals surface area contributed by atoms with Crippen molar-refractivity contribution in [2.24, 2.45) is 5.73 Å². The molecule has 0 aromatic carbocycles. The first kappa shape index (κ1) is 21.7. The summed E-state index contributed by atoms with van der Waals surface area (Å²) in [5.74, 6) is 2.46. The van der Waals surface area contributed by atoms with Gasteiger partial charge in [-0.1, -0.05) is 6.08 Å². The number of aromatic nitrogens is 4. The zero-order chi connectivity index (χ0) is 23.2. The Labute approximate surface area is 194 Å². The van der Waals surface area contributed by atoms with Gasteiger partial charge >= 0.3 is 6.09 Å². The van der Waals surface area contributed by atoms with E-state index in [2.05, 4.69) is 21.3 Å². The molecule has 0 fully saturated rings. The second kappa shape index (κ2) is 8.36. The van der Waals surface area contributed by atoms with E-state index in [0.29, 0.717) is 35.4 Å². The number of amides is 1. The molecule has 4 heterocycles. The molecular weight excluding hydrogens is 442 g/mol. The quantitative estimate of drug-likeness (QED) is 0.646. The van der Waals surface area contributed by atoms with Gasteiger partial charge in [0.25, 0.3) is 0 Å². The van der Waals surface area contributed by atoms with Crippen molar-refractivity contribution in [3.8, 4) is 0 Å². The van der Waals surface area contributed by atoms with Crippen molar-refractivity contribution in [2.75, 3.05) is 35.7 Å². The second-order valence-corrected chi connectivity index (χ2v) is 10.7. The smallest absolute Gasteiger partial charge is 0.404 e. The van der Waals surface area contributed by atoms with Crippen LogP contribution >= 0.6 is 0 Å². The minimum absolute atomic E-state index is 0.0552. The van der Waals surface area contributed by atoms with Crippen LogP contribution in [-0.4, -0.2) is 61.2 Å². The van der Waals surface area contributed by atoms with E-state index in [1.807, 2.05) is 20.0 Å². The predicted octanol–water partition coefficient (Wildman–Crippen LogP) is 1.61. The van der Waals surface area contributed by atoms with Gasteiger partial charge in [0.05, 0.1) is 22.0 Å². The number of nitrogens with zero attached hydrogens (tertiary/aromatic N) is 5. The van der Waals surface area contributed by atoms with Crippen molar-refractivity contribution < 1.29 is 13.7 Å². The lowest BCUT2D eigenvalue weighted by Crippen LogP contribution is -2.39. The van der Waals surface area contributed by atoms with E-state index >= 15 is 0 Å². The number of ether oxygens (including phenoxy) is 1. The van der Waals surface area contributed by atoms with Gasteiger partial charge in [-0.05, 0) is 44.2 Å². The van der Waals surface area contributed by atoms with Gasteiger partial charge in [0.1, 0.15) is 17.3 Å². The summed E-state index contributed by atoms with van der Waals surface area (Å²) in [6.07, 6.45) is 6.79. The molecule has 33 heavy (non-hydrogen) atoms. The van der Waals surface area contributed by atoms with Crippen molar-refractivity contribution >= 4 is 34.2 Å². The number of hydrogen-bond donors (Lipinski definition) is 2. The molecule has 10 nitrogen and oxygen atoms in total. The minimum Gasteiger partial charge on any atom is -0.447 e. The Hall–Kier alpha value is -3.08. The van der Waals surface area contributed by atoms with Crippen LogP contribution < -0.4 is 16.0 Å². The van der Waals surface area contributed by atoms with Crippen LogP contribution in [0.25, 0.3) is 5.57 Å². The third-order valence-electron chi connectivity index (χ3n) is 6.07. The number of anilines is 2. The number of fused-ring (bicyclic) bond motifs is 2. The molecule has 2 aromatic rings. The summed E-state index contributed by atoms with van der Waals surface area (Å²) in [7, 11) is -1.17. The molecule has 174 valence electrons. The number of nitrogens with one attached hydrogen (secondary N) is 1. The summed E-state index contributed by atoms with van der Waals surface area (Å²) in [5.41, 5.74) is 8.83. The minimum atomic E-state index is -1.17. The SMILES string of the molecule is CC(C)(COC(N)=O)Nc1nc(N2CC=C(c3ncc4c(n3)CC4)CC2)nc2c1[S@](=O)CC2. The number of nitrogens with two attached hydrogens (primary N) is 1. The first-order chi connectivity index (χ1) is 15.8. The molecule has 0 saturated carbocycles. The average molecular weight is 470 g/mol. The van der Waals surface area contributed by atoms with Crippen LogP contribution in [0.15, 0.2) is 17.2 Å². The molecule has 0 unspecified atom stereocenters. The number of rotatable bonds is 6. The number of carbonyl (C=O) groups excluding carboxylic acids is 1. The molecule has 0 radical (unpaired) electrons. The van der Waals surface area contributed by atoms with E-state index in [1.54, 1.807) is 0 Å². The molecule has 2 aromatic heterocycles. The molecule has 0 spiro atoms. The summed E-state index contributed by atoms with van der Waals surface area (Å²) in [6.45, 7) is 5.17. The second-order valence-electron chi connectivity index (χ2n) is 9.16. The van der Waals surface area contributed by atoms with Crippen LogP contribution in [-0.2, 0) is 34.8 Å². The van der Waals surface area contributed by atoms with Crippen molar-refractivity contribution in [1.82, 2.24) is 19.9 Å². The van der Waals surface area contributed by atoms with Gasteiger partial charge in [0.15, 0.2) is 5.82 Å². The first-order valence-corrected chi connectivity index (χ1v) is 12.4. The van der Waals surface area contributed by atoms with Crippen molar-refractivity contribution in [2.45, 2.75) is 50.0 Å². The molecule has 1 aliphatic carbocycles. The average Bonchev–Trinajstić information content (AvgIpc) is 3.14. The molecule has 3 N–H and O–H groups in total. The molecule has 1 amide bonds. The van der Waals surface area contributed by atoms with E-state index in [9.17, 15) is 9.00 Å². The third-order valence-corrected chi connectivity index (χ3v) is 7.53. The fourth-order valence-corrected chi connectivity index (χ4v) is 5.48. The molecule has 1 atom stereocenters. The fourth-order valence-electron chi connectivity index (χ4n) is 4.17. The summed E-state index contributed by atoms with van der Waals surface area (Å²) < 4.78 is 17.6. The molecule has 0 bridgehead atoms. The monoisotopic (exact) mass is 469 g/mol. The lowest BCUT2D eigenvalue weighted by Gasteiger charge is -2.30. The molecule has 11 heteroatoms. The van der Waals surface area contributed by atoms with Gasteiger partial charge in [0, 0.05) is 37.2 Å². The summed E-state index contributed by atoms with van der Waals surface area (Å²) in [5, 5.41) is 3.30. The van der Waals surface area contributed by atoms with Gasteiger partial charge < -0.3 is 20.7 Å². The van der Waals surface area contributed by atoms with E-state index < -0.39 is 22.4 Å². The van der Waals surface area contributed by atoms with Crippen LogP contribution in [0.3, 0.4) is 0 Å². The topological polar surface area (TPSA) is 136 Å². The Balaban J connectivity index is 1.38. The number of aryl methyl sites for hydroxylation is 3. The third kappa shape index (κ3) is 4.41. The number of hydrogen-bond acceptors (Lipinski definition) is 9. The highest BCUT2D eigenvalue weighted by Gasteiger charge is 2.31. The summed E-state index contributed by atoms with van der Waals surface area (Å²) in [6, 6.07) is 0. The lowest BCUT2D eigenvalue weighted by molar-refractivity contribution is 0.138. The standard InChI is InChI=1S/C22H27N7O3S/c1-22(2,12-32-20(23)30)28-19-17-16(7-10-33(17)31)26-21(27-19)29-8-5-13(6-9-29)18-24-11-14-3-4-15(14)25-18/h5,11H,3-4,6-10,12H2,1-2H3,(H2,23,30)(H,26,27,28)/t33-/m1/s1. The molecule has 2 aliphatic heterocycles. The highest BCUT2D eigenvalue weighted by atomic mass is 32.2. The highest BCUT2D eigenvalue weighted by Crippen LogP contribution is 2.33. The fraction of sp³-hybridized carbons (Fsp3) is 0.500. The Morgan fingerprint density at radius 1 is 1.21 bits per heavy atom. The lowest BCUT2D eigenvalue weighted by atomic mass is 9.95. The normalized spacial score (nSPS) is 19.3. The molecular formula is C22H27N7O3S. The van der Waals surface area contributed by atoms with Gasteiger partial charge in [-0.15, -0.1) is 0 Å². The van der Waals surface area contributed by atoms with E-state index in [-0.39, 0.29) is 6.61 Å². The van der Waals surface area contributed by atoms with Crippen molar-refractivity contribution in [3.05, 3.63) is 35.0 Å². The van der Waals surface area contributed by atoms with Gasteiger partial charge in [-0.2, -0.15) is 4.98 Å². The van der Waals surface area contributed by atoms with Crippen LogP contribution in [0.1, 0.15) is 43.0 Å². The predicted molar refractivity (Wildman–Crippen MR) is 124 cm³/mol. The van der Waals surface area contributed by atoms with Gasteiger partial charge in [-0.25, -0.2) is 19.7 Å². The summed E-state index contributed by atoms with van der Waals surface area (Å²) in [4.78, 5) is 32.5. The van der Waals surface area contributed by atoms with E-state index in [1.165, 1.54) is 5.56 Å².